The van der Waals surface area contributed by atoms with Gasteiger partial charge in [-0.15, -0.1) is 0 Å². The Morgan fingerprint density at radius 3 is 2.31 bits per heavy atom. The largest absolute Gasteiger partial charge is 0.481 e. The maximum Gasteiger partial charge on any atom is 0.380 e. The van der Waals surface area contributed by atoms with E-state index in [-0.39, 0.29) is 12.2 Å². The average molecular weight is 379 g/mol. The summed E-state index contributed by atoms with van der Waals surface area (Å²) in [6.45, 7) is 0. The first-order valence-electron chi connectivity index (χ1n) is 7.42. The van der Waals surface area contributed by atoms with E-state index < -0.39 is 22.3 Å². The molecule has 0 aliphatic carbocycles. The van der Waals surface area contributed by atoms with Crippen molar-refractivity contribution in [2.24, 2.45) is 5.14 Å². The van der Waals surface area contributed by atoms with Crippen molar-refractivity contribution in [1.29, 1.82) is 0 Å². The summed E-state index contributed by atoms with van der Waals surface area (Å²) in [6.07, 6.45) is 0.362. The topological polar surface area (TPSA) is 148 Å². The van der Waals surface area contributed by atoms with E-state index in [0.29, 0.717) is 17.8 Å². The van der Waals surface area contributed by atoms with E-state index >= 15 is 0 Å². The van der Waals surface area contributed by atoms with Gasteiger partial charge in [-0.3, -0.25) is 4.79 Å². The van der Waals surface area contributed by atoms with Gasteiger partial charge in [0.25, 0.3) is 0 Å². The van der Waals surface area contributed by atoms with Gasteiger partial charge in [0, 0.05) is 17.8 Å². The molecule has 0 radical (unpaired) electrons. The number of aliphatic carboxylic acids is 1. The third-order valence-corrected chi connectivity index (χ3v) is 3.56. The Balaban J connectivity index is 1.94. The zero-order chi connectivity index (χ0) is 19.2. The Hall–Kier alpha value is -3.11. The molecule has 0 spiro atoms. The zero-order valence-electron chi connectivity index (χ0n) is 13.5. The summed E-state index contributed by atoms with van der Waals surface area (Å²) < 4.78 is 26.1. The molecule has 2 aromatic rings. The van der Waals surface area contributed by atoms with E-state index in [2.05, 4.69) is 14.8 Å². The fourth-order valence-electron chi connectivity index (χ4n) is 2.08. The molecule has 138 valence electrons. The number of nitrogens with two attached hydrogens (primary N) is 1. The molecular weight excluding hydrogens is 362 g/mol. The van der Waals surface area contributed by atoms with Crippen LogP contribution in [0.5, 0.6) is 5.75 Å². The minimum absolute atomic E-state index is 0.00257. The van der Waals surface area contributed by atoms with Gasteiger partial charge < -0.3 is 19.9 Å². The number of amides is 2. The third kappa shape index (κ3) is 6.79. The molecule has 5 N–H and O–H groups in total. The predicted molar refractivity (Wildman–Crippen MR) is 95.2 cm³/mol. The number of nitrogens with one attached hydrogen (secondary N) is 2. The summed E-state index contributed by atoms with van der Waals surface area (Å²) in [6, 6.07) is 11.9. The van der Waals surface area contributed by atoms with Crippen LogP contribution in [0.1, 0.15) is 12.0 Å². The molecule has 0 aliphatic rings. The van der Waals surface area contributed by atoms with Crippen molar-refractivity contribution in [2.75, 3.05) is 10.6 Å². The van der Waals surface area contributed by atoms with Crippen LogP contribution in [0.15, 0.2) is 48.5 Å². The van der Waals surface area contributed by atoms with E-state index in [0.717, 1.165) is 5.56 Å². The number of rotatable bonds is 7. The molecule has 2 amide bonds. The number of carboxylic acid groups (broad SMARTS) is 1. The lowest BCUT2D eigenvalue weighted by Gasteiger charge is -2.09. The Labute approximate surface area is 150 Å². The lowest BCUT2D eigenvalue weighted by atomic mass is 10.1. The first kappa shape index (κ1) is 19.2. The van der Waals surface area contributed by atoms with Gasteiger partial charge in [-0.05, 0) is 48.4 Å². The molecule has 0 fully saturated rings. The summed E-state index contributed by atoms with van der Waals surface area (Å²) in [5.41, 5.74) is 1.71. The van der Waals surface area contributed by atoms with Crippen molar-refractivity contribution in [3.05, 3.63) is 54.1 Å². The molecule has 0 aliphatic heterocycles. The van der Waals surface area contributed by atoms with Gasteiger partial charge >= 0.3 is 22.3 Å². The summed E-state index contributed by atoms with van der Waals surface area (Å²) in [5.74, 6) is -0.874. The lowest BCUT2D eigenvalue weighted by Crippen LogP contribution is -2.20. The number of hydrogen-bond donors (Lipinski definition) is 4. The van der Waals surface area contributed by atoms with Crippen LogP contribution in [-0.2, 0) is 21.5 Å². The molecule has 0 bridgehead atoms. The number of carboxylic acids is 1. The second-order valence-electron chi connectivity index (χ2n) is 5.27. The molecule has 2 aromatic carbocycles. The van der Waals surface area contributed by atoms with E-state index in [9.17, 15) is 18.0 Å². The number of anilines is 2. The average Bonchev–Trinajstić information content (AvgIpc) is 2.54. The van der Waals surface area contributed by atoms with Crippen LogP contribution in [0.4, 0.5) is 16.2 Å². The van der Waals surface area contributed by atoms with Gasteiger partial charge in [-0.1, -0.05) is 12.1 Å². The molecule has 0 unspecified atom stereocenters. The van der Waals surface area contributed by atoms with Gasteiger partial charge in [-0.2, -0.15) is 13.6 Å². The van der Waals surface area contributed by atoms with Crippen molar-refractivity contribution < 1.29 is 27.3 Å². The predicted octanol–water partition coefficient (Wildman–Crippen LogP) is 1.93. The van der Waals surface area contributed by atoms with Crippen molar-refractivity contribution in [1.82, 2.24) is 0 Å². The number of hydrogen-bond acceptors (Lipinski definition) is 5. The molecule has 0 aromatic heterocycles. The quantitative estimate of drug-likeness (QED) is 0.578. The molecule has 0 heterocycles. The number of benzene rings is 2. The zero-order valence-corrected chi connectivity index (χ0v) is 14.3. The maximum atomic E-state index is 12.0. The minimum Gasteiger partial charge on any atom is -0.481 e. The number of aryl methyl sites for hydroxylation is 1. The Morgan fingerprint density at radius 1 is 1.04 bits per heavy atom. The second kappa shape index (κ2) is 8.32. The molecule has 2 rings (SSSR count). The smallest absolute Gasteiger partial charge is 0.380 e. The molecule has 0 saturated heterocycles. The second-order valence-corrected chi connectivity index (χ2v) is 6.43. The maximum absolute atomic E-state index is 12.0. The fourth-order valence-corrected chi connectivity index (χ4v) is 2.46. The first-order valence-corrected chi connectivity index (χ1v) is 8.89. The van der Waals surface area contributed by atoms with Crippen LogP contribution in [0.3, 0.4) is 0 Å². The molecule has 0 atom stereocenters. The van der Waals surface area contributed by atoms with Crippen molar-refractivity contribution >= 4 is 33.7 Å². The Bertz CT molecular complexity index is 896. The molecule has 9 nitrogen and oxygen atoms in total. The molecule has 10 heteroatoms. The number of carbonyl (C=O) groups is 2. The number of carbonyl (C=O) groups excluding carboxylic acids is 1. The SMILES string of the molecule is NS(=O)(=O)Oc1ccc(NC(=O)Nc2cccc(CCC(=O)O)c2)cc1. The van der Waals surface area contributed by atoms with Gasteiger partial charge in [0.2, 0.25) is 0 Å². The van der Waals surface area contributed by atoms with Crippen LogP contribution >= 0.6 is 0 Å². The van der Waals surface area contributed by atoms with Crippen LogP contribution in [0.25, 0.3) is 0 Å². The Morgan fingerprint density at radius 2 is 1.69 bits per heavy atom. The highest BCUT2D eigenvalue weighted by Gasteiger charge is 2.07. The van der Waals surface area contributed by atoms with Crippen molar-refractivity contribution in [3.63, 3.8) is 0 Å². The van der Waals surface area contributed by atoms with Gasteiger partial charge in [0.05, 0.1) is 0 Å². The monoisotopic (exact) mass is 379 g/mol. The van der Waals surface area contributed by atoms with Crippen molar-refractivity contribution in [2.45, 2.75) is 12.8 Å². The molecular formula is C16H17N3O6S. The first-order chi connectivity index (χ1) is 12.2. The third-order valence-electron chi connectivity index (χ3n) is 3.14. The highest BCUT2D eigenvalue weighted by Crippen LogP contribution is 2.17. The van der Waals surface area contributed by atoms with Gasteiger partial charge in [-0.25, -0.2) is 4.79 Å². The van der Waals surface area contributed by atoms with Crippen LogP contribution in [0.2, 0.25) is 0 Å². The summed E-state index contributed by atoms with van der Waals surface area (Å²) in [7, 11) is -4.10. The lowest BCUT2D eigenvalue weighted by molar-refractivity contribution is -0.136. The summed E-state index contributed by atoms with van der Waals surface area (Å²) >= 11 is 0. The minimum atomic E-state index is -4.10. The number of urea groups is 1. The molecule has 0 saturated carbocycles. The summed E-state index contributed by atoms with van der Waals surface area (Å²) in [5, 5.41) is 18.7. The standard InChI is InChI=1S/C16H17N3O6S/c17-26(23,24)25-14-7-5-12(6-8-14)18-16(22)19-13-3-1-2-11(10-13)4-9-15(20)21/h1-3,5-8,10H,4,9H2,(H,20,21)(H2,17,23,24)(H2,18,19,22). The Kier molecular flexibility index (Phi) is 6.15. The normalized spacial score (nSPS) is 10.8. The highest BCUT2D eigenvalue weighted by molar-refractivity contribution is 7.84. The van der Waals surface area contributed by atoms with Crippen LogP contribution in [-0.4, -0.2) is 25.5 Å². The molecule has 26 heavy (non-hydrogen) atoms. The highest BCUT2D eigenvalue weighted by atomic mass is 32.2. The summed E-state index contributed by atoms with van der Waals surface area (Å²) in [4.78, 5) is 22.6. The van der Waals surface area contributed by atoms with Crippen LogP contribution < -0.4 is 20.0 Å². The van der Waals surface area contributed by atoms with Gasteiger partial charge in [0.1, 0.15) is 5.75 Å². The van der Waals surface area contributed by atoms with E-state index in [1.807, 2.05) is 0 Å². The van der Waals surface area contributed by atoms with Crippen molar-refractivity contribution in [3.8, 4) is 5.75 Å². The van der Waals surface area contributed by atoms with E-state index in [4.69, 9.17) is 10.2 Å². The van der Waals surface area contributed by atoms with E-state index in [1.54, 1.807) is 24.3 Å². The van der Waals surface area contributed by atoms with E-state index in [1.165, 1.54) is 24.3 Å². The fraction of sp³-hybridized carbons (Fsp3) is 0.125. The van der Waals surface area contributed by atoms with Gasteiger partial charge in [0.15, 0.2) is 0 Å². The van der Waals surface area contributed by atoms with Crippen LogP contribution in [0, 0.1) is 0 Å².